The average molecular weight is 313 g/mol. The summed E-state index contributed by atoms with van der Waals surface area (Å²) in [6, 6.07) is 0.190. The number of methoxy groups -OCH3 is 1. The molecule has 1 saturated carbocycles. The Labute approximate surface area is 134 Å². The van der Waals surface area contributed by atoms with Gasteiger partial charge in [-0.3, -0.25) is 9.79 Å². The van der Waals surface area contributed by atoms with Crippen molar-refractivity contribution in [2.75, 3.05) is 26.8 Å². The number of hydrogen-bond donors (Lipinski definition) is 2. The van der Waals surface area contributed by atoms with E-state index in [0.29, 0.717) is 26.0 Å². The van der Waals surface area contributed by atoms with Gasteiger partial charge in [-0.15, -0.1) is 0 Å². The molecule has 1 aliphatic rings. The van der Waals surface area contributed by atoms with E-state index in [4.69, 9.17) is 9.47 Å². The van der Waals surface area contributed by atoms with Gasteiger partial charge in [-0.25, -0.2) is 0 Å². The lowest BCUT2D eigenvalue weighted by Gasteiger charge is -2.17. The Morgan fingerprint density at radius 2 is 2.09 bits per heavy atom. The molecule has 0 heterocycles. The molecule has 128 valence electrons. The highest BCUT2D eigenvalue weighted by Crippen LogP contribution is 2.21. The molecule has 0 amide bonds. The van der Waals surface area contributed by atoms with E-state index in [-0.39, 0.29) is 18.1 Å². The minimum atomic E-state index is -0.0900. The molecule has 0 aromatic carbocycles. The Kier molecular flexibility index (Phi) is 9.62. The summed E-state index contributed by atoms with van der Waals surface area (Å²) >= 11 is 0. The van der Waals surface area contributed by atoms with Gasteiger partial charge in [0.05, 0.1) is 6.61 Å². The number of aliphatic imine (C=N–C) groups is 1. The standard InChI is InChI=1S/C16H31N3O3/c1-4-17-16(19-13(2)12-21-3)18-11-7-10-15(20)22-14-8-5-6-9-14/h13-14H,4-12H2,1-3H3,(H2,17,18,19). The third kappa shape index (κ3) is 8.22. The normalized spacial score (nSPS) is 17.3. The molecule has 0 aromatic rings. The molecule has 1 rings (SSSR count). The summed E-state index contributed by atoms with van der Waals surface area (Å²) in [5, 5.41) is 6.45. The zero-order valence-electron chi connectivity index (χ0n) is 14.2. The van der Waals surface area contributed by atoms with E-state index in [1.807, 2.05) is 13.8 Å². The van der Waals surface area contributed by atoms with Crippen LogP contribution in [0, 0.1) is 0 Å². The molecule has 0 aliphatic heterocycles. The van der Waals surface area contributed by atoms with E-state index in [1.54, 1.807) is 7.11 Å². The maximum absolute atomic E-state index is 11.7. The largest absolute Gasteiger partial charge is 0.462 e. The van der Waals surface area contributed by atoms with Crippen molar-refractivity contribution >= 4 is 11.9 Å². The van der Waals surface area contributed by atoms with Crippen molar-refractivity contribution in [3.05, 3.63) is 0 Å². The number of rotatable bonds is 9. The van der Waals surface area contributed by atoms with Crippen LogP contribution in [0.5, 0.6) is 0 Å². The lowest BCUT2D eigenvalue weighted by Crippen LogP contribution is -2.44. The van der Waals surface area contributed by atoms with Crippen molar-refractivity contribution in [1.29, 1.82) is 0 Å². The summed E-state index contributed by atoms with van der Waals surface area (Å²) in [5.41, 5.74) is 0. The molecule has 2 N–H and O–H groups in total. The first-order valence-electron chi connectivity index (χ1n) is 8.39. The predicted molar refractivity (Wildman–Crippen MR) is 88.0 cm³/mol. The van der Waals surface area contributed by atoms with Crippen LogP contribution in [0.2, 0.25) is 0 Å². The lowest BCUT2D eigenvalue weighted by atomic mass is 10.3. The van der Waals surface area contributed by atoms with Gasteiger partial charge in [0, 0.05) is 32.7 Å². The van der Waals surface area contributed by atoms with Gasteiger partial charge < -0.3 is 20.1 Å². The molecule has 0 spiro atoms. The number of nitrogens with zero attached hydrogens (tertiary/aromatic N) is 1. The number of carbonyl (C=O) groups is 1. The van der Waals surface area contributed by atoms with Crippen LogP contribution in [0.1, 0.15) is 52.4 Å². The van der Waals surface area contributed by atoms with Gasteiger partial charge in [-0.1, -0.05) is 0 Å². The van der Waals surface area contributed by atoms with Crippen molar-refractivity contribution in [1.82, 2.24) is 10.6 Å². The fourth-order valence-electron chi connectivity index (χ4n) is 2.51. The zero-order valence-corrected chi connectivity index (χ0v) is 14.2. The molecule has 1 unspecified atom stereocenters. The first-order valence-corrected chi connectivity index (χ1v) is 8.39. The number of ether oxygens (including phenoxy) is 2. The van der Waals surface area contributed by atoms with Crippen molar-refractivity contribution in [2.45, 2.75) is 64.5 Å². The van der Waals surface area contributed by atoms with E-state index >= 15 is 0 Å². The van der Waals surface area contributed by atoms with Crippen molar-refractivity contribution < 1.29 is 14.3 Å². The van der Waals surface area contributed by atoms with Gasteiger partial charge in [0.25, 0.3) is 0 Å². The summed E-state index contributed by atoms with van der Waals surface area (Å²) in [6.45, 7) is 6.09. The van der Waals surface area contributed by atoms with Crippen LogP contribution < -0.4 is 10.6 Å². The molecule has 0 radical (unpaired) electrons. The summed E-state index contributed by atoms with van der Waals surface area (Å²) < 4.78 is 10.5. The maximum Gasteiger partial charge on any atom is 0.306 e. The maximum atomic E-state index is 11.7. The van der Waals surface area contributed by atoms with Crippen LogP contribution >= 0.6 is 0 Å². The molecule has 0 aromatic heterocycles. The molecule has 6 heteroatoms. The third-order valence-electron chi connectivity index (χ3n) is 3.55. The van der Waals surface area contributed by atoms with Gasteiger partial charge in [0.1, 0.15) is 6.10 Å². The number of nitrogens with one attached hydrogen (secondary N) is 2. The van der Waals surface area contributed by atoms with Crippen LogP contribution in [-0.2, 0) is 14.3 Å². The Bertz CT molecular complexity index is 342. The van der Waals surface area contributed by atoms with Crippen LogP contribution in [0.4, 0.5) is 0 Å². The van der Waals surface area contributed by atoms with Crippen molar-refractivity contribution in [2.24, 2.45) is 4.99 Å². The SMILES string of the molecule is CCNC(=NCCCC(=O)OC1CCCC1)NC(C)COC. The molecule has 22 heavy (non-hydrogen) atoms. The summed E-state index contributed by atoms with van der Waals surface area (Å²) in [7, 11) is 1.68. The second-order valence-electron chi connectivity index (χ2n) is 5.76. The Morgan fingerprint density at radius 1 is 1.36 bits per heavy atom. The molecule has 1 atom stereocenters. The Hall–Kier alpha value is -1.30. The molecular formula is C16H31N3O3. The van der Waals surface area contributed by atoms with E-state index in [1.165, 1.54) is 12.8 Å². The van der Waals surface area contributed by atoms with Crippen LogP contribution in [0.25, 0.3) is 0 Å². The Balaban J connectivity index is 2.22. The third-order valence-corrected chi connectivity index (χ3v) is 3.55. The van der Waals surface area contributed by atoms with E-state index < -0.39 is 0 Å². The first kappa shape index (κ1) is 18.7. The molecule has 1 fully saturated rings. The van der Waals surface area contributed by atoms with Gasteiger partial charge in [0.15, 0.2) is 5.96 Å². The van der Waals surface area contributed by atoms with Crippen molar-refractivity contribution in [3.63, 3.8) is 0 Å². The van der Waals surface area contributed by atoms with Gasteiger partial charge >= 0.3 is 5.97 Å². The second-order valence-corrected chi connectivity index (χ2v) is 5.76. The minimum absolute atomic E-state index is 0.0900. The first-order chi connectivity index (χ1) is 10.7. The predicted octanol–water partition coefficient (Wildman–Crippen LogP) is 1.84. The smallest absolute Gasteiger partial charge is 0.306 e. The summed E-state index contributed by atoms with van der Waals surface area (Å²) in [4.78, 5) is 16.2. The monoisotopic (exact) mass is 313 g/mol. The second kappa shape index (κ2) is 11.3. The minimum Gasteiger partial charge on any atom is -0.462 e. The fraction of sp³-hybridized carbons (Fsp3) is 0.875. The van der Waals surface area contributed by atoms with Crippen LogP contribution in [-0.4, -0.2) is 50.9 Å². The summed E-state index contributed by atoms with van der Waals surface area (Å²) in [6.07, 6.45) is 5.71. The van der Waals surface area contributed by atoms with E-state index in [9.17, 15) is 4.79 Å². The van der Waals surface area contributed by atoms with Crippen LogP contribution in [0.15, 0.2) is 4.99 Å². The van der Waals surface area contributed by atoms with Gasteiger partial charge in [-0.05, 0) is 46.0 Å². The number of carbonyl (C=O) groups excluding carboxylic acids is 1. The molecule has 0 saturated heterocycles. The average Bonchev–Trinajstić information content (AvgIpc) is 2.96. The highest BCUT2D eigenvalue weighted by atomic mass is 16.5. The fourth-order valence-corrected chi connectivity index (χ4v) is 2.51. The number of esters is 1. The number of guanidine groups is 1. The highest BCUT2D eigenvalue weighted by molar-refractivity contribution is 5.80. The van der Waals surface area contributed by atoms with Crippen LogP contribution in [0.3, 0.4) is 0 Å². The van der Waals surface area contributed by atoms with Gasteiger partial charge in [-0.2, -0.15) is 0 Å². The molecular weight excluding hydrogens is 282 g/mol. The molecule has 0 bridgehead atoms. The number of hydrogen-bond acceptors (Lipinski definition) is 4. The molecule has 1 aliphatic carbocycles. The molecule has 6 nitrogen and oxygen atoms in total. The highest BCUT2D eigenvalue weighted by Gasteiger charge is 2.18. The summed E-state index contributed by atoms with van der Waals surface area (Å²) in [5.74, 6) is 0.670. The topological polar surface area (TPSA) is 72.0 Å². The quantitative estimate of drug-likeness (QED) is 0.294. The Morgan fingerprint density at radius 3 is 2.73 bits per heavy atom. The van der Waals surface area contributed by atoms with E-state index in [2.05, 4.69) is 15.6 Å². The van der Waals surface area contributed by atoms with E-state index in [0.717, 1.165) is 25.3 Å². The van der Waals surface area contributed by atoms with Crippen molar-refractivity contribution in [3.8, 4) is 0 Å². The lowest BCUT2D eigenvalue weighted by molar-refractivity contribution is -0.148. The zero-order chi connectivity index (χ0) is 16.2. The van der Waals surface area contributed by atoms with Gasteiger partial charge in [0.2, 0.25) is 0 Å².